The molecule has 0 bridgehead atoms. The number of carbonyl (C=O) groups is 1. The molecule has 0 aromatic heterocycles. The summed E-state index contributed by atoms with van der Waals surface area (Å²) >= 11 is 6.06. The number of anilines is 1. The van der Waals surface area contributed by atoms with Gasteiger partial charge in [-0.2, -0.15) is 0 Å². The third kappa shape index (κ3) is 5.34. The van der Waals surface area contributed by atoms with E-state index in [1.165, 1.54) is 14.2 Å². The summed E-state index contributed by atoms with van der Waals surface area (Å²) in [7, 11) is 6.17. The van der Waals surface area contributed by atoms with E-state index in [0.717, 1.165) is 5.56 Å². The van der Waals surface area contributed by atoms with Crippen molar-refractivity contribution >= 4 is 23.3 Å². The number of amides is 2. The van der Waals surface area contributed by atoms with Gasteiger partial charge in [-0.1, -0.05) is 17.7 Å². The average molecular weight is 395 g/mol. The highest BCUT2D eigenvalue weighted by Gasteiger charge is 2.12. The van der Waals surface area contributed by atoms with Crippen molar-refractivity contribution in [2.75, 3.05) is 40.3 Å². The quantitative estimate of drug-likeness (QED) is 0.713. The van der Waals surface area contributed by atoms with E-state index in [4.69, 9.17) is 30.5 Å². The van der Waals surface area contributed by atoms with Crippen molar-refractivity contribution < 1.29 is 23.7 Å². The maximum absolute atomic E-state index is 12.2. The van der Waals surface area contributed by atoms with Crippen LogP contribution in [0, 0.1) is 0 Å². The highest BCUT2D eigenvalue weighted by atomic mass is 35.5. The second kappa shape index (κ2) is 9.78. The molecule has 0 spiro atoms. The number of urea groups is 1. The van der Waals surface area contributed by atoms with Gasteiger partial charge in [0, 0.05) is 18.7 Å². The standard InChI is InChI=1S/C19H23ClN2O5/c1-24-15-6-5-12(9-18(15)27-4)7-8-21-19(23)22-14-11-16(25-2)13(20)10-17(14)26-3/h5-6,9-11H,7-8H2,1-4H3,(H2,21,22,23). The van der Waals surface area contributed by atoms with Crippen molar-refractivity contribution in [1.82, 2.24) is 5.32 Å². The maximum Gasteiger partial charge on any atom is 0.319 e. The Kier molecular flexibility index (Phi) is 7.43. The molecule has 2 aromatic rings. The highest BCUT2D eigenvalue weighted by Crippen LogP contribution is 2.35. The van der Waals surface area contributed by atoms with E-state index in [-0.39, 0.29) is 6.03 Å². The molecule has 0 aliphatic rings. The predicted molar refractivity (Wildman–Crippen MR) is 105 cm³/mol. The van der Waals surface area contributed by atoms with Gasteiger partial charge in [0.25, 0.3) is 0 Å². The van der Waals surface area contributed by atoms with Crippen molar-refractivity contribution in [2.45, 2.75) is 6.42 Å². The minimum atomic E-state index is -0.363. The van der Waals surface area contributed by atoms with E-state index in [1.807, 2.05) is 18.2 Å². The number of nitrogens with one attached hydrogen (secondary N) is 2. The predicted octanol–water partition coefficient (Wildman–Crippen LogP) is 3.74. The number of ether oxygens (including phenoxy) is 4. The summed E-state index contributed by atoms with van der Waals surface area (Å²) in [6, 6.07) is 8.46. The van der Waals surface area contributed by atoms with E-state index in [2.05, 4.69) is 10.6 Å². The summed E-state index contributed by atoms with van der Waals surface area (Å²) in [6.45, 7) is 0.439. The third-order valence-corrected chi connectivity index (χ3v) is 4.16. The lowest BCUT2D eigenvalue weighted by molar-refractivity contribution is 0.252. The first-order valence-corrected chi connectivity index (χ1v) is 8.57. The highest BCUT2D eigenvalue weighted by molar-refractivity contribution is 6.32. The minimum absolute atomic E-state index is 0.363. The Morgan fingerprint density at radius 3 is 2.19 bits per heavy atom. The van der Waals surface area contributed by atoms with E-state index in [9.17, 15) is 4.79 Å². The molecule has 0 saturated heterocycles. The molecule has 2 amide bonds. The van der Waals surface area contributed by atoms with Gasteiger partial charge in [-0.3, -0.25) is 0 Å². The zero-order valence-corrected chi connectivity index (χ0v) is 16.5. The number of rotatable bonds is 8. The molecule has 2 aromatic carbocycles. The molecule has 7 nitrogen and oxygen atoms in total. The van der Waals surface area contributed by atoms with Crippen molar-refractivity contribution in [3.05, 3.63) is 40.9 Å². The molecule has 146 valence electrons. The van der Waals surface area contributed by atoms with Crippen LogP contribution in [0.2, 0.25) is 5.02 Å². The van der Waals surface area contributed by atoms with Gasteiger partial charge >= 0.3 is 6.03 Å². The Morgan fingerprint density at radius 1 is 0.889 bits per heavy atom. The van der Waals surface area contributed by atoms with Gasteiger partial charge in [0.15, 0.2) is 11.5 Å². The van der Waals surface area contributed by atoms with Crippen LogP contribution in [0.4, 0.5) is 10.5 Å². The molecule has 0 aliphatic carbocycles. The lowest BCUT2D eigenvalue weighted by Crippen LogP contribution is -2.30. The van der Waals surface area contributed by atoms with E-state index in [1.54, 1.807) is 26.4 Å². The molecule has 0 aliphatic heterocycles. The zero-order valence-electron chi connectivity index (χ0n) is 15.7. The monoisotopic (exact) mass is 394 g/mol. The summed E-state index contributed by atoms with van der Waals surface area (Å²) in [5.74, 6) is 2.20. The molecule has 0 fully saturated rings. The Balaban J connectivity index is 1.95. The lowest BCUT2D eigenvalue weighted by Gasteiger charge is -2.14. The molecule has 2 rings (SSSR count). The molecule has 0 unspecified atom stereocenters. The van der Waals surface area contributed by atoms with Crippen LogP contribution in [-0.4, -0.2) is 41.0 Å². The topological polar surface area (TPSA) is 78.1 Å². The maximum atomic E-state index is 12.2. The fourth-order valence-corrected chi connectivity index (χ4v) is 2.71. The van der Waals surface area contributed by atoms with Gasteiger partial charge in [0.1, 0.15) is 11.5 Å². The van der Waals surface area contributed by atoms with Crippen LogP contribution in [0.1, 0.15) is 5.56 Å². The van der Waals surface area contributed by atoms with Crippen molar-refractivity contribution in [3.63, 3.8) is 0 Å². The lowest BCUT2D eigenvalue weighted by atomic mass is 10.1. The Labute approximate surface area is 163 Å². The SMILES string of the molecule is COc1cc(NC(=O)NCCc2ccc(OC)c(OC)c2)c(OC)cc1Cl. The molecular weight excluding hydrogens is 372 g/mol. The Morgan fingerprint density at radius 2 is 1.56 bits per heavy atom. The van der Waals surface area contributed by atoms with Crippen molar-refractivity contribution in [3.8, 4) is 23.0 Å². The first kappa shape index (κ1) is 20.5. The fourth-order valence-electron chi connectivity index (χ4n) is 2.48. The van der Waals surface area contributed by atoms with Gasteiger partial charge in [-0.25, -0.2) is 4.79 Å². The van der Waals surface area contributed by atoms with Crippen LogP contribution >= 0.6 is 11.6 Å². The number of hydrogen-bond acceptors (Lipinski definition) is 5. The molecule has 0 saturated carbocycles. The average Bonchev–Trinajstić information content (AvgIpc) is 2.68. The normalized spacial score (nSPS) is 10.1. The first-order valence-electron chi connectivity index (χ1n) is 8.19. The fraction of sp³-hybridized carbons (Fsp3) is 0.316. The van der Waals surface area contributed by atoms with Gasteiger partial charge in [-0.05, 0) is 24.1 Å². The number of halogens is 1. The molecule has 0 atom stereocenters. The molecule has 0 radical (unpaired) electrons. The zero-order chi connectivity index (χ0) is 19.8. The van der Waals surface area contributed by atoms with Gasteiger partial charge in [0.05, 0.1) is 39.1 Å². The van der Waals surface area contributed by atoms with Crippen molar-refractivity contribution in [2.24, 2.45) is 0 Å². The number of methoxy groups -OCH3 is 4. The number of carbonyl (C=O) groups excluding carboxylic acids is 1. The summed E-state index contributed by atoms with van der Waals surface area (Å²) in [5, 5.41) is 5.93. The van der Waals surface area contributed by atoms with Crippen LogP contribution in [0.5, 0.6) is 23.0 Å². The smallest absolute Gasteiger partial charge is 0.319 e. The van der Waals surface area contributed by atoms with E-state index >= 15 is 0 Å². The summed E-state index contributed by atoms with van der Waals surface area (Å²) in [5.41, 5.74) is 1.47. The molecule has 8 heteroatoms. The van der Waals surface area contributed by atoms with Gasteiger partial charge in [-0.15, -0.1) is 0 Å². The van der Waals surface area contributed by atoms with Crippen LogP contribution in [-0.2, 0) is 6.42 Å². The second-order valence-electron chi connectivity index (χ2n) is 5.51. The summed E-state index contributed by atoms with van der Waals surface area (Å²) in [4.78, 5) is 12.2. The van der Waals surface area contributed by atoms with Gasteiger partial charge in [0.2, 0.25) is 0 Å². The van der Waals surface area contributed by atoms with Crippen LogP contribution in [0.25, 0.3) is 0 Å². The molecular formula is C19H23ClN2O5. The van der Waals surface area contributed by atoms with E-state index in [0.29, 0.717) is 46.7 Å². The third-order valence-electron chi connectivity index (χ3n) is 3.87. The molecule has 2 N–H and O–H groups in total. The van der Waals surface area contributed by atoms with Crippen LogP contribution < -0.4 is 29.6 Å². The second-order valence-corrected chi connectivity index (χ2v) is 5.91. The summed E-state index contributed by atoms with van der Waals surface area (Å²) < 4.78 is 20.9. The Hall–Kier alpha value is -2.80. The van der Waals surface area contributed by atoms with E-state index < -0.39 is 0 Å². The van der Waals surface area contributed by atoms with Crippen LogP contribution in [0.3, 0.4) is 0 Å². The molecule has 0 heterocycles. The first-order chi connectivity index (χ1) is 13.0. The number of hydrogen-bond donors (Lipinski definition) is 2. The van der Waals surface area contributed by atoms with Gasteiger partial charge < -0.3 is 29.6 Å². The Bertz CT molecular complexity index is 798. The van der Waals surface area contributed by atoms with Crippen molar-refractivity contribution in [1.29, 1.82) is 0 Å². The minimum Gasteiger partial charge on any atom is -0.495 e. The molecule has 27 heavy (non-hydrogen) atoms. The summed E-state index contributed by atoms with van der Waals surface area (Å²) in [6.07, 6.45) is 0.634. The number of benzene rings is 2. The van der Waals surface area contributed by atoms with Crippen LogP contribution in [0.15, 0.2) is 30.3 Å². The largest absolute Gasteiger partial charge is 0.495 e.